The van der Waals surface area contributed by atoms with Gasteiger partial charge in [0.2, 0.25) is 0 Å². The second-order valence-corrected chi connectivity index (χ2v) is 5.94. The second-order valence-electron chi connectivity index (χ2n) is 5.94. The van der Waals surface area contributed by atoms with Gasteiger partial charge in [-0.25, -0.2) is 4.79 Å². The molecule has 0 aliphatic carbocycles. The minimum atomic E-state index is -0.191. The molecular formula is C19H21N3O3. The molecule has 0 radical (unpaired) electrons. The smallest absolute Gasteiger partial charge is 0.324 e. The van der Waals surface area contributed by atoms with Crippen molar-refractivity contribution >= 4 is 23.3 Å². The number of hydrogen-bond donors (Lipinski definition) is 1. The van der Waals surface area contributed by atoms with Crippen molar-refractivity contribution in [2.75, 3.05) is 37.5 Å². The lowest BCUT2D eigenvalue weighted by molar-refractivity contribution is 0.102. The van der Waals surface area contributed by atoms with Crippen LogP contribution in [0.1, 0.15) is 16.8 Å². The summed E-state index contributed by atoms with van der Waals surface area (Å²) in [6.45, 7) is 1.49. The summed E-state index contributed by atoms with van der Waals surface area (Å²) in [6.07, 6.45) is 0.943. The van der Waals surface area contributed by atoms with Crippen LogP contribution in [0.5, 0.6) is 5.75 Å². The van der Waals surface area contributed by atoms with Crippen molar-refractivity contribution < 1.29 is 14.3 Å². The molecular weight excluding hydrogens is 318 g/mol. The Morgan fingerprint density at radius 1 is 1.04 bits per heavy atom. The Bertz CT molecular complexity index is 756. The average molecular weight is 339 g/mol. The van der Waals surface area contributed by atoms with Gasteiger partial charge in [-0.3, -0.25) is 9.69 Å². The zero-order valence-electron chi connectivity index (χ0n) is 14.4. The molecule has 130 valence electrons. The first-order valence-electron chi connectivity index (χ1n) is 8.16. The van der Waals surface area contributed by atoms with Crippen LogP contribution in [0.25, 0.3) is 0 Å². The number of nitrogens with one attached hydrogen (secondary N) is 1. The zero-order chi connectivity index (χ0) is 17.8. The summed E-state index contributed by atoms with van der Waals surface area (Å²) in [5.74, 6) is 0.515. The van der Waals surface area contributed by atoms with E-state index in [1.54, 1.807) is 60.4 Å². The number of carbonyl (C=O) groups is 2. The van der Waals surface area contributed by atoms with Gasteiger partial charge in [0.1, 0.15) is 5.75 Å². The maximum atomic E-state index is 12.3. The number of amides is 3. The van der Waals surface area contributed by atoms with Crippen molar-refractivity contribution in [3.8, 4) is 5.75 Å². The highest BCUT2D eigenvalue weighted by molar-refractivity contribution is 6.04. The lowest BCUT2D eigenvalue weighted by atomic mass is 10.2. The third kappa shape index (κ3) is 3.74. The lowest BCUT2D eigenvalue weighted by Crippen LogP contribution is -2.47. The molecule has 1 heterocycles. The predicted molar refractivity (Wildman–Crippen MR) is 97.4 cm³/mol. The molecule has 0 unspecified atom stereocenters. The van der Waals surface area contributed by atoms with E-state index >= 15 is 0 Å². The second kappa shape index (κ2) is 7.25. The van der Waals surface area contributed by atoms with Gasteiger partial charge in [-0.1, -0.05) is 0 Å². The normalized spacial score (nSPS) is 14.4. The Kier molecular flexibility index (Phi) is 4.88. The Labute approximate surface area is 147 Å². The van der Waals surface area contributed by atoms with E-state index in [9.17, 15) is 9.59 Å². The molecule has 0 aromatic heterocycles. The summed E-state index contributed by atoms with van der Waals surface area (Å²) in [5.41, 5.74) is 2.07. The van der Waals surface area contributed by atoms with E-state index in [0.29, 0.717) is 23.5 Å². The average Bonchev–Trinajstić information content (AvgIpc) is 2.65. The van der Waals surface area contributed by atoms with Crippen molar-refractivity contribution in [1.29, 1.82) is 0 Å². The lowest BCUT2D eigenvalue weighted by Gasteiger charge is -2.33. The Morgan fingerprint density at radius 3 is 2.36 bits per heavy atom. The van der Waals surface area contributed by atoms with Gasteiger partial charge in [-0.2, -0.15) is 0 Å². The fraction of sp³-hybridized carbons (Fsp3) is 0.263. The summed E-state index contributed by atoms with van der Waals surface area (Å²) >= 11 is 0. The SMILES string of the molecule is COc1ccc(C(=O)Nc2ccc(N3CCCN(C)C3=O)cc2)cc1. The van der Waals surface area contributed by atoms with E-state index in [-0.39, 0.29) is 11.9 Å². The predicted octanol–water partition coefficient (Wildman–Crippen LogP) is 3.21. The molecule has 1 fully saturated rings. The van der Waals surface area contributed by atoms with Crippen LogP contribution in [0.2, 0.25) is 0 Å². The van der Waals surface area contributed by atoms with Crippen LogP contribution in [0, 0.1) is 0 Å². The molecule has 0 atom stereocenters. The number of hydrogen-bond acceptors (Lipinski definition) is 3. The summed E-state index contributed by atoms with van der Waals surface area (Å²) in [5, 5.41) is 2.85. The molecule has 3 amide bonds. The summed E-state index contributed by atoms with van der Waals surface area (Å²) < 4.78 is 5.09. The molecule has 1 aliphatic rings. The van der Waals surface area contributed by atoms with E-state index in [1.807, 2.05) is 12.1 Å². The first kappa shape index (κ1) is 16.8. The van der Waals surface area contributed by atoms with Gasteiger partial charge >= 0.3 is 6.03 Å². The van der Waals surface area contributed by atoms with Crippen LogP contribution in [-0.2, 0) is 0 Å². The minimum absolute atomic E-state index is 0.00117. The molecule has 1 N–H and O–H groups in total. The zero-order valence-corrected chi connectivity index (χ0v) is 14.4. The highest BCUT2D eigenvalue weighted by Crippen LogP contribution is 2.22. The minimum Gasteiger partial charge on any atom is -0.497 e. The van der Waals surface area contributed by atoms with Gasteiger partial charge < -0.3 is 15.0 Å². The fourth-order valence-corrected chi connectivity index (χ4v) is 2.77. The highest BCUT2D eigenvalue weighted by atomic mass is 16.5. The van der Waals surface area contributed by atoms with E-state index in [2.05, 4.69) is 5.32 Å². The van der Waals surface area contributed by atoms with Crippen LogP contribution in [0.3, 0.4) is 0 Å². The first-order valence-corrected chi connectivity index (χ1v) is 8.16. The first-order chi connectivity index (χ1) is 12.1. The number of carbonyl (C=O) groups excluding carboxylic acids is 2. The number of nitrogens with zero attached hydrogens (tertiary/aromatic N) is 2. The molecule has 2 aromatic carbocycles. The monoisotopic (exact) mass is 339 g/mol. The molecule has 2 aromatic rings. The molecule has 25 heavy (non-hydrogen) atoms. The van der Waals surface area contributed by atoms with E-state index in [4.69, 9.17) is 4.74 Å². The van der Waals surface area contributed by atoms with Gasteiger partial charge in [0, 0.05) is 37.1 Å². The van der Waals surface area contributed by atoms with Gasteiger partial charge in [0.25, 0.3) is 5.91 Å². The van der Waals surface area contributed by atoms with Crippen LogP contribution < -0.4 is 15.0 Å². The summed E-state index contributed by atoms with van der Waals surface area (Å²) in [6, 6.07) is 14.2. The van der Waals surface area contributed by atoms with Crippen molar-refractivity contribution in [2.45, 2.75) is 6.42 Å². The topological polar surface area (TPSA) is 61.9 Å². The molecule has 0 spiro atoms. The van der Waals surface area contributed by atoms with Crippen LogP contribution in [0.15, 0.2) is 48.5 Å². The molecule has 1 aliphatic heterocycles. The third-order valence-electron chi connectivity index (χ3n) is 4.22. The molecule has 0 saturated carbocycles. The molecule has 1 saturated heterocycles. The number of rotatable bonds is 4. The number of ether oxygens (including phenoxy) is 1. The van der Waals surface area contributed by atoms with Crippen LogP contribution in [0.4, 0.5) is 16.2 Å². The summed E-state index contributed by atoms with van der Waals surface area (Å²) in [4.78, 5) is 27.9. The molecule has 3 rings (SSSR count). The van der Waals surface area contributed by atoms with Crippen molar-refractivity contribution in [1.82, 2.24) is 4.90 Å². The quantitative estimate of drug-likeness (QED) is 0.930. The number of anilines is 2. The maximum Gasteiger partial charge on any atom is 0.324 e. The van der Waals surface area contributed by atoms with Gasteiger partial charge in [-0.15, -0.1) is 0 Å². The number of benzene rings is 2. The van der Waals surface area contributed by atoms with Gasteiger partial charge in [-0.05, 0) is 55.0 Å². The van der Waals surface area contributed by atoms with E-state index in [0.717, 1.165) is 18.7 Å². The van der Waals surface area contributed by atoms with Crippen molar-refractivity contribution in [3.63, 3.8) is 0 Å². The number of urea groups is 1. The van der Waals surface area contributed by atoms with Crippen molar-refractivity contribution in [2.24, 2.45) is 0 Å². The summed E-state index contributed by atoms with van der Waals surface area (Å²) in [7, 11) is 3.39. The molecule has 6 heteroatoms. The van der Waals surface area contributed by atoms with Gasteiger partial charge in [0.05, 0.1) is 7.11 Å². The molecule has 6 nitrogen and oxygen atoms in total. The van der Waals surface area contributed by atoms with E-state index in [1.165, 1.54) is 0 Å². The van der Waals surface area contributed by atoms with Crippen molar-refractivity contribution in [3.05, 3.63) is 54.1 Å². The van der Waals surface area contributed by atoms with Crippen LogP contribution >= 0.6 is 0 Å². The Balaban J connectivity index is 1.67. The molecule has 0 bridgehead atoms. The Morgan fingerprint density at radius 2 is 1.72 bits per heavy atom. The van der Waals surface area contributed by atoms with E-state index < -0.39 is 0 Å². The standard InChI is InChI=1S/C19H21N3O3/c1-21-12-3-13-22(19(21)24)16-8-6-15(7-9-16)20-18(23)14-4-10-17(25-2)11-5-14/h4-11H,3,12-13H2,1-2H3,(H,20,23). The Hall–Kier alpha value is -3.02. The highest BCUT2D eigenvalue weighted by Gasteiger charge is 2.23. The fourth-order valence-electron chi connectivity index (χ4n) is 2.77. The third-order valence-corrected chi connectivity index (χ3v) is 4.22. The number of methoxy groups -OCH3 is 1. The largest absolute Gasteiger partial charge is 0.497 e. The van der Waals surface area contributed by atoms with Crippen LogP contribution in [-0.4, -0.2) is 44.1 Å². The van der Waals surface area contributed by atoms with Gasteiger partial charge in [0.15, 0.2) is 0 Å². The maximum absolute atomic E-state index is 12.3.